The highest BCUT2D eigenvalue weighted by Crippen LogP contribution is 2.38. The Bertz CT molecular complexity index is 819. The summed E-state index contributed by atoms with van der Waals surface area (Å²) in [6.07, 6.45) is 7.78. The molecule has 1 amide bonds. The minimum absolute atomic E-state index is 0.137. The maximum absolute atomic E-state index is 12.6. The SMILES string of the molecule is CCOC(=O)c1c(NC(=O)c2cccnc2Cl)sc2c1CCCCCC2. The third-order valence-electron chi connectivity index (χ3n) is 4.38. The molecule has 3 rings (SSSR count). The Kier molecular flexibility index (Phi) is 6.27. The molecule has 1 aliphatic rings. The Morgan fingerprint density at radius 3 is 2.77 bits per heavy atom. The lowest BCUT2D eigenvalue weighted by atomic mass is 9.96. The summed E-state index contributed by atoms with van der Waals surface area (Å²) in [6.45, 7) is 2.08. The second-order valence-corrected chi connectivity index (χ2v) is 7.60. The summed E-state index contributed by atoms with van der Waals surface area (Å²) in [7, 11) is 0. The van der Waals surface area contributed by atoms with Crippen LogP contribution in [0, 0.1) is 0 Å². The highest BCUT2D eigenvalue weighted by Gasteiger charge is 2.26. The highest BCUT2D eigenvalue weighted by atomic mass is 35.5. The van der Waals surface area contributed by atoms with Crippen molar-refractivity contribution in [1.29, 1.82) is 0 Å². The Hall–Kier alpha value is -1.92. The van der Waals surface area contributed by atoms with Crippen molar-refractivity contribution in [3.05, 3.63) is 45.1 Å². The molecule has 26 heavy (non-hydrogen) atoms. The first-order chi connectivity index (χ1) is 12.6. The molecule has 0 saturated carbocycles. The quantitative estimate of drug-likeness (QED) is 0.594. The van der Waals surface area contributed by atoms with E-state index in [9.17, 15) is 9.59 Å². The average molecular weight is 393 g/mol. The van der Waals surface area contributed by atoms with Gasteiger partial charge in [0.1, 0.15) is 10.2 Å². The van der Waals surface area contributed by atoms with Crippen LogP contribution >= 0.6 is 22.9 Å². The molecule has 1 aliphatic carbocycles. The van der Waals surface area contributed by atoms with Gasteiger partial charge < -0.3 is 10.1 Å². The number of ether oxygens (including phenoxy) is 1. The summed E-state index contributed by atoms with van der Waals surface area (Å²) in [4.78, 5) is 30.3. The first kappa shape index (κ1) is 18.9. The van der Waals surface area contributed by atoms with Gasteiger partial charge in [0, 0.05) is 11.1 Å². The van der Waals surface area contributed by atoms with Crippen molar-refractivity contribution >= 4 is 39.8 Å². The normalized spacial score (nSPS) is 14.1. The van der Waals surface area contributed by atoms with Gasteiger partial charge in [-0.05, 0) is 50.3 Å². The van der Waals surface area contributed by atoms with Crippen LogP contribution in [0.3, 0.4) is 0 Å². The number of aromatic nitrogens is 1. The van der Waals surface area contributed by atoms with Crippen molar-refractivity contribution in [2.75, 3.05) is 11.9 Å². The van der Waals surface area contributed by atoms with E-state index >= 15 is 0 Å². The molecule has 0 atom stereocenters. The molecular formula is C19H21ClN2O3S. The van der Waals surface area contributed by atoms with E-state index in [4.69, 9.17) is 16.3 Å². The van der Waals surface area contributed by atoms with Crippen LogP contribution in [0.25, 0.3) is 0 Å². The zero-order valence-corrected chi connectivity index (χ0v) is 16.2. The average Bonchev–Trinajstić information content (AvgIpc) is 2.92. The third kappa shape index (κ3) is 4.07. The van der Waals surface area contributed by atoms with Crippen molar-refractivity contribution in [2.45, 2.75) is 45.4 Å². The number of nitrogens with zero attached hydrogens (tertiary/aromatic N) is 1. The number of hydrogen-bond donors (Lipinski definition) is 1. The van der Waals surface area contributed by atoms with Gasteiger partial charge in [0.05, 0.1) is 17.7 Å². The number of aryl methyl sites for hydroxylation is 1. The standard InChI is InChI=1S/C19H21ClN2O3S/c1-2-25-19(24)15-12-8-5-3-4-6-10-14(12)26-18(15)22-17(23)13-9-7-11-21-16(13)20/h7,9,11H,2-6,8,10H2,1H3,(H,22,23). The fraction of sp³-hybridized carbons (Fsp3) is 0.421. The van der Waals surface area contributed by atoms with E-state index in [-0.39, 0.29) is 22.6 Å². The van der Waals surface area contributed by atoms with Crippen LogP contribution in [0.2, 0.25) is 5.15 Å². The zero-order chi connectivity index (χ0) is 18.5. The number of hydrogen-bond acceptors (Lipinski definition) is 5. The molecule has 2 aromatic heterocycles. The molecule has 2 heterocycles. The van der Waals surface area contributed by atoms with Gasteiger partial charge in [0.25, 0.3) is 5.91 Å². The molecule has 0 spiro atoms. The number of anilines is 1. The molecule has 5 nitrogen and oxygen atoms in total. The van der Waals surface area contributed by atoms with Gasteiger partial charge in [-0.1, -0.05) is 24.4 Å². The van der Waals surface area contributed by atoms with Gasteiger partial charge in [0.2, 0.25) is 0 Å². The number of pyridine rings is 1. The van der Waals surface area contributed by atoms with Crippen molar-refractivity contribution < 1.29 is 14.3 Å². The minimum Gasteiger partial charge on any atom is -0.462 e. The number of fused-ring (bicyclic) bond motifs is 1. The molecule has 0 unspecified atom stereocenters. The predicted molar refractivity (Wildman–Crippen MR) is 103 cm³/mol. The van der Waals surface area contributed by atoms with Gasteiger partial charge in [-0.15, -0.1) is 11.3 Å². The highest BCUT2D eigenvalue weighted by molar-refractivity contribution is 7.17. The van der Waals surface area contributed by atoms with E-state index in [1.54, 1.807) is 19.1 Å². The zero-order valence-electron chi connectivity index (χ0n) is 14.6. The lowest BCUT2D eigenvalue weighted by Crippen LogP contribution is -2.16. The molecule has 138 valence electrons. The maximum atomic E-state index is 12.6. The fourth-order valence-electron chi connectivity index (χ4n) is 3.15. The summed E-state index contributed by atoms with van der Waals surface area (Å²) in [5.74, 6) is -0.749. The molecule has 0 radical (unpaired) electrons. The van der Waals surface area contributed by atoms with Crippen LogP contribution in [-0.2, 0) is 17.6 Å². The van der Waals surface area contributed by atoms with Crippen LogP contribution in [0.5, 0.6) is 0 Å². The van der Waals surface area contributed by atoms with Crippen LogP contribution in [0.4, 0.5) is 5.00 Å². The van der Waals surface area contributed by atoms with Gasteiger partial charge in [-0.25, -0.2) is 9.78 Å². The molecular weight excluding hydrogens is 372 g/mol. The molecule has 0 fully saturated rings. The third-order valence-corrected chi connectivity index (χ3v) is 5.89. The van der Waals surface area contributed by atoms with Crippen LogP contribution in [0.1, 0.15) is 63.8 Å². The second kappa shape index (κ2) is 8.64. The van der Waals surface area contributed by atoms with Gasteiger partial charge >= 0.3 is 5.97 Å². The monoisotopic (exact) mass is 392 g/mol. The first-order valence-electron chi connectivity index (χ1n) is 8.85. The van der Waals surface area contributed by atoms with Gasteiger partial charge in [-0.3, -0.25) is 4.79 Å². The number of amides is 1. The van der Waals surface area contributed by atoms with E-state index in [1.165, 1.54) is 28.8 Å². The fourth-order valence-corrected chi connectivity index (χ4v) is 4.63. The van der Waals surface area contributed by atoms with Crippen LogP contribution in [-0.4, -0.2) is 23.5 Å². The number of thiophene rings is 1. The smallest absolute Gasteiger partial charge is 0.341 e. The summed E-state index contributed by atoms with van der Waals surface area (Å²) in [5.41, 5.74) is 1.81. The van der Waals surface area contributed by atoms with Crippen LogP contribution in [0.15, 0.2) is 18.3 Å². The van der Waals surface area contributed by atoms with E-state index in [0.717, 1.165) is 37.7 Å². The molecule has 7 heteroatoms. The molecule has 0 saturated heterocycles. The molecule has 0 aromatic carbocycles. The topological polar surface area (TPSA) is 68.3 Å². The first-order valence-corrected chi connectivity index (χ1v) is 10.0. The Labute approximate surface area is 161 Å². The summed E-state index contributed by atoms with van der Waals surface area (Å²) >= 11 is 7.49. The largest absolute Gasteiger partial charge is 0.462 e. The summed E-state index contributed by atoms with van der Waals surface area (Å²) in [6, 6.07) is 3.26. The van der Waals surface area contributed by atoms with Crippen molar-refractivity contribution in [2.24, 2.45) is 0 Å². The number of nitrogens with one attached hydrogen (secondary N) is 1. The van der Waals surface area contributed by atoms with Crippen molar-refractivity contribution in [3.63, 3.8) is 0 Å². The Balaban J connectivity index is 1.97. The maximum Gasteiger partial charge on any atom is 0.341 e. The Morgan fingerprint density at radius 1 is 1.27 bits per heavy atom. The molecule has 0 bridgehead atoms. The predicted octanol–water partition coefficient (Wildman–Crippen LogP) is 4.88. The molecule has 0 aliphatic heterocycles. The number of esters is 1. The molecule has 1 N–H and O–H groups in total. The van der Waals surface area contributed by atoms with Crippen molar-refractivity contribution in [3.8, 4) is 0 Å². The number of carbonyl (C=O) groups excluding carboxylic acids is 2. The number of rotatable bonds is 4. The lowest BCUT2D eigenvalue weighted by molar-refractivity contribution is 0.0526. The molecule has 2 aromatic rings. The summed E-state index contributed by atoms with van der Waals surface area (Å²) in [5, 5.41) is 3.54. The van der Waals surface area contributed by atoms with E-state index in [2.05, 4.69) is 10.3 Å². The summed E-state index contributed by atoms with van der Waals surface area (Å²) < 4.78 is 5.25. The van der Waals surface area contributed by atoms with E-state index in [0.29, 0.717) is 17.2 Å². The number of carbonyl (C=O) groups is 2. The minimum atomic E-state index is -0.377. The number of halogens is 1. The van der Waals surface area contributed by atoms with E-state index in [1.807, 2.05) is 0 Å². The second-order valence-electron chi connectivity index (χ2n) is 6.14. The van der Waals surface area contributed by atoms with Gasteiger partial charge in [-0.2, -0.15) is 0 Å². The Morgan fingerprint density at radius 2 is 2.04 bits per heavy atom. The van der Waals surface area contributed by atoms with Crippen molar-refractivity contribution in [1.82, 2.24) is 4.98 Å². The van der Waals surface area contributed by atoms with Gasteiger partial charge in [0.15, 0.2) is 0 Å². The van der Waals surface area contributed by atoms with Crippen LogP contribution < -0.4 is 5.32 Å². The lowest BCUT2D eigenvalue weighted by Gasteiger charge is -2.11. The van der Waals surface area contributed by atoms with E-state index < -0.39 is 0 Å².